The third-order valence-corrected chi connectivity index (χ3v) is 8.13. The summed E-state index contributed by atoms with van der Waals surface area (Å²) in [6, 6.07) is 9.07. The molecule has 194 valence electrons. The highest BCUT2D eigenvalue weighted by Gasteiger charge is 2.29. The van der Waals surface area contributed by atoms with Crippen molar-refractivity contribution in [3.63, 3.8) is 0 Å². The van der Waals surface area contributed by atoms with Gasteiger partial charge in [0, 0.05) is 86.2 Å². The van der Waals surface area contributed by atoms with E-state index in [4.69, 9.17) is 0 Å². The first-order valence-electron chi connectivity index (χ1n) is 13.2. The number of imidazole rings is 1. The van der Waals surface area contributed by atoms with Gasteiger partial charge in [-0.05, 0) is 48.6 Å². The van der Waals surface area contributed by atoms with E-state index in [1.807, 2.05) is 57.2 Å². The van der Waals surface area contributed by atoms with Crippen LogP contribution in [0, 0.1) is 11.7 Å². The number of hydrogen-bond donors (Lipinski definition) is 2. The number of carbonyl (C=O) groups excluding carboxylic acids is 1. The third kappa shape index (κ3) is 3.68. The summed E-state index contributed by atoms with van der Waals surface area (Å²) in [5.74, 6) is -0.0412. The number of carbonyl (C=O) groups is 1. The van der Waals surface area contributed by atoms with Crippen molar-refractivity contribution < 1.29 is 14.3 Å². The van der Waals surface area contributed by atoms with Crippen LogP contribution >= 0.6 is 0 Å². The summed E-state index contributed by atoms with van der Waals surface area (Å²) in [6.07, 6.45) is 11.5. The lowest BCUT2D eigenvalue weighted by atomic mass is 9.98. The maximum atomic E-state index is 15.1. The van der Waals surface area contributed by atoms with E-state index in [-0.39, 0.29) is 24.4 Å². The molecule has 2 amide bonds. The van der Waals surface area contributed by atoms with Gasteiger partial charge in [0.15, 0.2) is 0 Å². The number of nitrogens with one attached hydrogen (secondary N) is 1. The van der Waals surface area contributed by atoms with Crippen molar-refractivity contribution in [2.75, 3.05) is 26.2 Å². The molecule has 2 aliphatic heterocycles. The van der Waals surface area contributed by atoms with Crippen LogP contribution in [0.25, 0.3) is 38.9 Å². The maximum absolute atomic E-state index is 15.1. The maximum Gasteiger partial charge on any atom is 0.320 e. The number of benzene rings is 1. The van der Waals surface area contributed by atoms with Crippen LogP contribution in [0.2, 0.25) is 0 Å². The molecular weight excluding hydrogens is 483 g/mol. The summed E-state index contributed by atoms with van der Waals surface area (Å²) in [5, 5.41) is 10.3. The SMILES string of the molecule is O=C(N1CCC(CO)CC1)N1CCn2cc(-c3c[nH]cc3-c3cnc4ccccn34)c3cc(F)cc(c32)C1. The van der Waals surface area contributed by atoms with Gasteiger partial charge in [0.25, 0.3) is 0 Å². The van der Waals surface area contributed by atoms with Crippen molar-refractivity contribution in [2.45, 2.75) is 25.9 Å². The fraction of sp³-hybridized carbons (Fsp3) is 0.310. The van der Waals surface area contributed by atoms with Gasteiger partial charge in [-0.1, -0.05) is 6.07 Å². The Morgan fingerprint density at radius 2 is 1.89 bits per heavy atom. The van der Waals surface area contributed by atoms with Gasteiger partial charge in [0.1, 0.15) is 11.5 Å². The fourth-order valence-corrected chi connectivity index (χ4v) is 6.12. The zero-order chi connectivity index (χ0) is 25.8. The Hall–Kier alpha value is -4.11. The van der Waals surface area contributed by atoms with Gasteiger partial charge in [-0.2, -0.15) is 0 Å². The number of aromatic amines is 1. The van der Waals surface area contributed by atoms with Crippen LogP contribution in [0.5, 0.6) is 0 Å². The fourth-order valence-electron chi connectivity index (χ4n) is 6.12. The molecule has 0 aliphatic carbocycles. The zero-order valence-corrected chi connectivity index (χ0v) is 21.0. The molecule has 2 aliphatic rings. The van der Waals surface area contributed by atoms with Crippen molar-refractivity contribution in [3.05, 3.63) is 72.7 Å². The lowest BCUT2D eigenvalue weighted by molar-refractivity contribution is 0.112. The van der Waals surface area contributed by atoms with E-state index in [1.54, 1.807) is 12.1 Å². The Balaban J connectivity index is 1.26. The monoisotopic (exact) mass is 512 g/mol. The quantitative estimate of drug-likeness (QED) is 0.367. The molecule has 0 bridgehead atoms. The number of likely N-dealkylation sites (tertiary alicyclic amines) is 1. The summed E-state index contributed by atoms with van der Waals surface area (Å²) >= 11 is 0. The number of hydrogen-bond acceptors (Lipinski definition) is 3. The Labute approximate surface area is 218 Å². The van der Waals surface area contributed by atoms with E-state index >= 15 is 4.39 Å². The molecule has 0 saturated carbocycles. The highest BCUT2D eigenvalue weighted by molar-refractivity contribution is 6.01. The van der Waals surface area contributed by atoms with E-state index in [0.29, 0.717) is 32.7 Å². The highest BCUT2D eigenvalue weighted by Crippen LogP contribution is 2.40. The standard InChI is InChI=1S/C29H29FN6O2/c30-21-11-20-16-35(29(38)33-7-4-19(18-37)5-8-33)10-9-34-17-25(22(12-21)28(20)34)23-13-31-14-24(23)26-15-32-27-3-1-2-6-36(26)27/h1-3,6,11-15,17,19,31,37H,4-5,7-10,16,18H2. The van der Waals surface area contributed by atoms with Gasteiger partial charge in [-0.15, -0.1) is 0 Å². The Kier molecular flexibility index (Phi) is 5.47. The predicted octanol–water partition coefficient (Wildman–Crippen LogP) is 4.73. The Morgan fingerprint density at radius 3 is 2.74 bits per heavy atom. The molecule has 5 aromatic rings. The third-order valence-electron chi connectivity index (χ3n) is 8.13. The first kappa shape index (κ1) is 23.0. The molecule has 6 heterocycles. The number of pyridine rings is 1. The number of amides is 2. The molecule has 2 N–H and O–H groups in total. The van der Waals surface area contributed by atoms with E-state index in [1.165, 1.54) is 0 Å². The normalized spacial score (nSPS) is 16.5. The van der Waals surface area contributed by atoms with Gasteiger partial charge in [-0.3, -0.25) is 4.40 Å². The van der Waals surface area contributed by atoms with Crippen molar-refractivity contribution in [1.29, 1.82) is 0 Å². The molecule has 0 atom stereocenters. The second-order valence-electron chi connectivity index (χ2n) is 10.4. The van der Waals surface area contributed by atoms with Crippen LogP contribution in [0.15, 0.2) is 61.3 Å². The summed E-state index contributed by atoms with van der Waals surface area (Å²) in [7, 11) is 0. The first-order chi connectivity index (χ1) is 18.6. The number of H-pyrrole nitrogens is 1. The van der Waals surface area contributed by atoms with E-state index < -0.39 is 0 Å². The number of urea groups is 1. The first-order valence-corrected chi connectivity index (χ1v) is 13.2. The number of aliphatic hydroxyl groups excluding tert-OH is 1. The average Bonchev–Trinajstić information content (AvgIpc) is 3.64. The molecule has 38 heavy (non-hydrogen) atoms. The molecule has 0 radical (unpaired) electrons. The Bertz CT molecular complexity index is 1660. The molecule has 0 unspecified atom stereocenters. The highest BCUT2D eigenvalue weighted by atomic mass is 19.1. The number of nitrogens with zero attached hydrogens (tertiary/aromatic N) is 5. The molecular formula is C29H29FN6O2. The van der Waals surface area contributed by atoms with E-state index in [9.17, 15) is 9.90 Å². The zero-order valence-electron chi connectivity index (χ0n) is 21.0. The van der Waals surface area contributed by atoms with Crippen molar-refractivity contribution in [1.82, 2.24) is 28.7 Å². The minimum atomic E-state index is -0.309. The van der Waals surface area contributed by atoms with Crippen LogP contribution in [0.1, 0.15) is 18.4 Å². The topological polar surface area (TPSA) is 81.8 Å². The second kappa shape index (κ2) is 9.02. The van der Waals surface area contributed by atoms with Crippen molar-refractivity contribution in [2.24, 2.45) is 5.92 Å². The van der Waals surface area contributed by atoms with Crippen LogP contribution in [0.4, 0.5) is 9.18 Å². The number of fused-ring (bicyclic) bond motifs is 1. The van der Waals surface area contributed by atoms with Gasteiger partial charge in [0.05, 0.1) is 17.4 Å². The molecule has 1 saturated heterocycles. The number of halogens is 1. The van der Waals surface area contributed by atoms with Crippen molar-refractivity contribution >= 4 is 22.6 Å². The molecule has 1 aromatic carbocycles. The molecule has 0 spiro atoms. The number of rotatable bonds is 3. The summed E-state index contributed by atoms with van der Waals surface area (Å²) in [4.78, 5) is 24.9. The van der Waals surface area contributed by atoms with Crippen LogP contribution in [-0.4, -0.2) is 66.1 Å². The minimum absolute atomic E-state index is 0.00897. The van der Waals surface area contributed by atoms with Crippen LogP contribution in [-0.2, 0) is 13.1 Å². The molecule has 9 heteroatoms. The smallest absolute Gasteiger partial charge is 0.320 e. The van der Waals surface area contributed by atoms with Gasteiger partial charge in [-0.25, -0.2) is 14.2 Å². The van der Waals surface area contributed by atoms with E-state index in [0.717, 1.165) is 57.3 Å². The molecule has 4 aromatic heterocycles. The van der Waals surface area contributed by atoms with Gasteiger partial charge in [0.2, 0.25) is 0 Å². The summed E-state index contributed by atoms with van der Waals surface area (Å²) < 4.78 is 19.3. The summed E-state index contributed by atoms with van der Waals surface area (Å²) in [5.41, 5.74) is 6.54. The molecule has 1 fully saturated rings. The number of piperidine rings is 1. The largest absolute Gasteiger partial charge is 0.396 e. The van der Waals surface area contributed by atoms with Gasteiger partial charge < -0.3 is 24.5 Å². The molecule has 7 rings (SSSR count). The predicted molar refractivity (Wildman–Crippen MR) is 143 cm³/mol. The Morgan fingerprint density at radius 1 is 1.05 bits per heavy atom. The van der Waals surface area contributed by atoms with Crippen molar-refractivity contribution in [3.8, 4) is 22.4 Å². The number of aromatic nitrogens is 4. The minimum Gasteiger partial charge on any atom is -0.396 e. The summed E-state index contributed by atoms with van der Waals surface area (Å²) in [6.45, 7) is 3.01. The van der Waals surface area contributed by atoms with Crippen LogP contribution < -0.4 is 0 Å². The van der Waals surface area contributed by atoms with E-state index in [2.05, 4.69) is 20.7 Å². The average molecular weight is 513 g/mol. The van der Waals surface area contributed by atoms with Crippen LogP contribution in [0.3, 0.4) is 0 Å². The lowest BCUT2D eigenvalue weighted by Crippen LogP contribution is -2.47. The molecule has 8 nitrogen and oxygen atoms in total. The lowest BCUT2D eigenvalue weighted by Gasteiger charge is -2.35. The second-order valence-corrected chi connectivity index (χ2v) is 10.4. The number of aliphatic hydroxyl groups is 1. The van der Waals surface area contributed by atoms with Gasteiger partial charge >= 0.3 is 6.03 Å².